The average molecular weight is 801 g/mol. The number of nitrogens with one attached hydrogen (secondary N) is 5. The SMILES string of the molecule is O=C1CCC(=O)NC(Cc2cccs2)C(=O)NC(Cc2ccc(-c3ccccc3)cc2)C(=O)NC(CCc2ccccc2)C(=O)NC(C(=O)O)Cc2ccc(cn2)N1. The maximum absolute atomic E-state index is 14.4. The van der Waals surface area contributed by atoms with Gasteiger partial charge in [0.1, 0.15) is 24.2 Å². The monoisotopic (exact) mass is 800 g/mol. The van der Waals surface area contributed by atoms with Gasteiger partial charge in [-0.1, -0.05) is 91.0 Å². The lowest BCUT2D eigenvalue weighted by Crippen LogP contribution is -2.58. The number of carbonyl (C=O) groups is 6. The molecule has 0 fully saturated rings. The van der Waals surface area contributed by atoms with E-state index in [1.165, 1.54) is 23.6 Å². The van der Waals surface area contributed by atoms with Crippen LogP contribution in [0.3, 0.4) is 0 Å². The van der Waals surface area contributed by atoms with E-state index in [9.17, 15) is 33.9 Å². The van der Waals surface area contributed by atoms with Gasteiger partial charge in [0.25, 0.3) is 0 Å². The Labute approximate surface area is 339 Å². The molecule has 0 radical (unpaired) electrons. The molecule has 4 heterocycles. The third-order valence-corrected chi connectivity index (χ3v) is 10.6. The van der Waals surface area contributed by atoms with E-state index in [2.05, 4.69) is 31.6 Å². The van der Waals surface area contributed by atoms with Crippen molar-refractivity contribution in [3.05, 3.63) is 142 Å². The van der Waals surface area contributed by atoms with Crippen molar-refractivity contribution in [3.63, 3.8) is 0 Å². The molecule has 7 rings (SSSR count). The Morgan fingerprint density at radius 2 is 1.28 bits per heavy atom. The number of carboxylic acid groups (broad SMARTS) is 1. The zero-order valence-electron chi connectivity index (χ0n) is 31.6. The fraction of sp³-hybridized carbons (Fsp3) is 0.250. The van der Waals surface area contributed by atoms with Gasteiger partial charge in [-0.15, -0.1) is 11.3 Å². The number of aliphatic carboxylic acids is 1. The highest BCUT2D eigenvalue weighted by Gasteiger charge is 2.32. The van der Waals surface area contributed by atoms with Crippen LogP contribution in [-0.2, 0) is 54.5 Å². The number of hydrogen-bond donors (Lipinski definition) is 6. The van der Waals surface area contributed by atoms with Gasteiger partial charge in [-0.25, -0.2) is 4.79 Å². The van der Waals surface area contributed by atoms with Crippen molar-refractivity contribution in [2.45, 2.75) is 69.1 Å². The molecule has 13 nitrogen and oxygen atoms in total. The first kappa shape index (κ1) is 41.0. The van der Waals surface area contributed by atoms with Gasteiger partial charge in [-0.05, 0) is 58.7 Å². The summed E-state index contributed by atoms with van der Waals surface area (Å²) in [7, 11) is 0. The van der Waals surface area contributed by atoms with Crippen LogP contribution < -0.4 is 26.6 Å². The number of carboxylic acids is 1. The minimum Gasteiger partial charge on any atom is -0.480 e. The van der Waals surface area contributed by atoms with Crippen molar-refractivity contribution >= 4 is 52.5 Å². The number of thiophene rings is 1. The number of amides is 5. The smallest absolute Gasteiger partial charge is 0.326 e. The summed E-state index contributed by atoms with van der Waals surface area (Å²) < 4.78 is 0. The number of fused-ring (bicyclic) bond motifs is 18. The largest absolute Gasteiger partial charge is 0.480 e. The number of aryl methyl sites for hydroxylation is 1. The Morgan fingerprint density at radius 3 is 1.93 bits per heavy atom. The second-order valence-corrected chi connectivity index (χ2v) is 15.0. The van der Waals surface area contributed by atoms with Gasteiger partial charge in [0.15, 0.2) is 0 Å². The van der Waals surface area contributed by atoms with E-state index < -0.39 is 59.7 Å². The van der Waals surface area contributed by atoms with Crippen LogP contribution in [-0.4, -0.2) is 69.8 Å². The second-order valence-electron chi connectivity index (χ2n) is 14.0. The number of rotatable bonds is 9. The van der Waals surface area contributed by atoms with Crippen molar-refractivity contribution in [2.75, 3.05) is 5.32 Å². The molecular formula is C44H44N6O7S. The van der Waals surface area contributed by atoms with Gasteiger partial charge in [0.2, 0.25) is 29.5 Å². The maximum Gasteiger partial charge on any atom is 0.326 e. The van der Waals surface area contributed by atoms with Crippen LogP contribution in [0.4, 0.5) is 5.69 Å². The molecule has 4 unspecified atom stereocenters. The van der Waals surface area contributed by atoms with Crippen LogP contribution in [0.25, 0.3) is 11.1 Å². The molecule has 0 aliphatic carbocycles. The Bertz CT molecular complexity index is 2180. The third kappa shape index (κ3) is 11.9. The molecule has 6 N–H and O–H groups in total. The molecule has 0 spiro atoms. The number of aromatic nitrogens is 1. The van der Waals surface area contributed by atoms with E-state index in [-0.39, 0.29) is 38.5 Å². The maximum atomic E-state index is 14.4. The highest BCUT2D eigenvalue weighted by Crippen LogP contribution is 2.20. The van der Waals surface area contributed by atoms with Gasteiger partial charge in [0.05, 0.1) is 11.9 Å². The zero-order chi connectivity index (χ0) is 40.9. The Hall–Kier alpha value is -6.67. The quantitative estimate of drug-likeness (QED) is 0.119. The highest BCUT2D eigenvalue weighted by molar-refractivity contribution is 7.09. The lowest BCUT2D eigenvalue weighted by atomic mass is 9.99. The van der Waals surface area contributed by atoms with Crippen LogP contribution in [0.15, 0.2) is 121 Å². The standard InChI is InChI=1S/C44H44N6O7S/c51-39-21-22-40(52)47-37(26-34-12-7-23-58-34)43(55)49-36(24-29-13-16-31(17-14-29)30-10-5-2-6-11-30)42(54)48-35(20-15-28-8-3-1-4-9-28)41(53)50-38(44(56)57)25-32-18-19-33(46-39)27-45-32/h1-14,16-19,23,27,35-38H,15,20-22,24-26H2,(H,46,51)(H,47,52)(H,48,54)(H,49,55)(H,50,53)(H,56,57). The second kappa shape index (κ2) is 20.0. The molecule has 0 saturated carbocycles. The molecule has 4 atom stereocenters. The van der Waals surface area contributed by atoms with Crippen molar-refractivity contribution in [1.82, 2.24) is 26.3 Å². The topological polar surface area (TPSA) is 196 Å². The van der Waals surface area contributed by atoms with Crippen LogP contribution in [0.2, 0.25) is 0 Å². The predicted octanol–water partition coefficient (Wildman–Crippen LogP) is 4.23. The molecule has 14 heteroatoms. The molecule has 5 aromatic rings. The summed E-state index contributed by atoms with van der Waals surface area (Å²) in [5.74, 6) is -4.37. The highest BCUT2D eigenvalue weighted by atomic mass is 32.1. The normalized spacial score (nSPS) is 19.8. The zero-order valence-corrected chi connectivity index (χ0v) is 32.4. The van der Waals surface area contributed by atoms with Gasteiger partial charge in [-0.3, -0.25) is 29.0 Å². The van der Waals surface area contributed by atoms with Crippen LogP contribution in [0.1, 0.15) is 41.0 Å². The molecule has 3 aromatic carbocycles. The molecule has 2 aromatic heterocycles. The van der Waals surface area contributed by atoms with Crippen LogP contribution >= 0.6 is 11.3 Å². The number of carbonyl (C=O) groups excluding carboxylic acids is 5. The Balaban J connectivity index is 1.33. The molecule has 2 aliphatic rings. The molecule has 2 aliphatic heterocycles. The van der Waals surface area contributed by atoms with Gasteiger partial charge >= 0.3 is 5.97 Å². The number of anilines is 1. The van der Waals surface area contributed by atoms with Crippen LogP contribution in [0.5, 0.6) is 0 Å². The average Bonchev–Trinajstić information content (AvgIpc) is 3.75. The van der Waals surface area contributed by atoms with Gasteiger partial charge in [-0.2, -0.15) is 0 Å². The van der Waals surface area contributed by atoms with E-state index in [0.717, 1.165) is 21.6 Å². The molecule has 298 valence electrons. The molecule has 0 saturated heterocycles. The number of pyridine rings is 1. The van der Waals surface area contributed by atoms with Crippen molar-refractivity contribution in [2.24, 2.45) is 0 Å². The first-order valence-corrected chi connectivity index (χ1v) is 19.9. The summed E-state index contributed by atoms with van der Waals surface area (Å²) in [5, 5.41) is 25.7. The van der Waals surface area contributed by atoms with Crippen molar-refractivity contribution in [1.29, 1.82) is 0 Å². The van der Waals surface area contributed by atoms with Gasteiger partial charge < -0.3 is 31.7 Å². The first-order valence-electron chi connectivity index (χ1n) is 19.0. The lowest BCUT2D eigenvalue weighted by Gasteiger charge is -2.26. The summed E-state index contributed by atoms with van der Waals surface area (Å²) in [6.07, 6.45) is 1.40. The van der Waals surface area contributed by atoms with Crippen molar-refractivity contribution < 1.29 is 33.9 Å². The minimum absolute atomic E-state index is 0.0265. The number of nitrogens with zero attached hydrogens (tertiary/aromatic N) is 1. The fourth-order valence-electron chi connectivity index (χ4n) is 6.53. The number of benzene rings is 3. The molecule has 2 bridgehead atoms. The van der Waals surface area contributed by atoms with Crippen LogP contribution in [0, 0.1) is 0 Å². The van der Waals surface area contributed by atoms with E-state index >= 15 is 0 Å². The Morgan fingerprint density at radius 1 is 0.638 bits per heavy atom. The van der Waals surface area contributed by atoms with E-state index in [0.29, 0.717) is 23.4 Å². The summed E-state index contributed by atoms with van der Waals surface area (Å²) >= 11 is 1.40. The minimum atomic E-state index is -1.40. The lowest BCUT2D eigenvalue weighted by molar-refractivity contribution is -0.142. The summed E-state index contributed by atoms with van der Waals surface area (Å²) in [4.78, 5) is 86.1. The van der Waals surface area contributed by atoms with E-state index in [1.54, 1.807) is 6.07 Å². The molecule has 58 heavy (non-hydrogen) atoms. The van der Waals surface area contributed by atoms with Gasteiger partial charge in [0, 0.05) is 42.7 Å². The Kier molecular flexibility index (Phi) is 14.1. The third-order valence-electron chi connectivity index (χ3n) is 9.68. The van der Waals surface area contributed by atoms with E-state index in [4.69, 9.17) is 0 Å². The van der Waals surface area contributed by atoms with Crippen molar-refractivity contribution in [3.8, 4) is 11.1 Å². The predicted molar refractivity (Wildman–Crippen MR) is 220 cm³/mol. The molecular weight excluding hydrogens is 757 g/mol. The summed E-state index contributed by atoms with van der Waals surface area (Å²) in [6, 6.07) is 28.4. The summed E-state index contributed by atoms with van der Waals surface area (Å²) in [5.41, 5.74) is 4.23. The van der Waals surface area contributed by atoms with E-state index in [1.807, 2.05) is 102 Å². The summed E-state index contributed by atoms with van der Waals surface area (Å²) in [6.45, 7) is 0. The fourth-order valence-corrected chi connectivity index (χ4v) is 7.29. The molecule has 5 amide bonds. The number of hydrogen-bond acceptors (Lipinski definition) is 8. The first-order chi connectivity index (χ1) is 28.1.